The number of rotatable bonds is 6. The summed E-state index contributed by atoms with van der Waals surface area (Å²) in [7, 11) is 0. The van der Waals surface area contributed by atoms with Crippen LogP contribution in [0, 0.1) is 0 Å². The first-order valence-corrected chi connectivity index (χ1v) is 9.22. The summed E-state index contributed by atoms with van der Waals surface area (Å²) in [5.74, 6) is 0.637. The summed E-state index contributed by atoms with van der Waals surface area (Å²) in [6, 6.07) is 5.65. The van der Waals surface area contributed by atoms with Crippen molar-refractivity contribution in [3.63, 3.8) is 0 Å². The van der Waals surface area contributed by atoms with Gasteiger partial charge < -0.3 is 10.1 Å². The zero-order chi connectivity index (χ0) is 18.5. The summed E-state index contributed by atoms with van der Waals surface area (Å²) in [4.78, 5) is 19.3. The van der Waals surface area contributed by atoms with Crippen molar-refractivity contribution in [3.05, 3.63) is 41.9 Å². The van der Waals surface area contributed by atoms with E-state index in [2.05, 4.69) is 34.1 Å². The van der Waals surface area contributed by atoms with Crippen molar-refractivity contribution in [1.82, 2.24) is 25.0 Å². The second-order valence-electron chi connectivity index (χ2n) is 6.73. The molecule has 1 aliphatic heterocycles. The Morgan fingerprint density at radius 2 is 2.08 bits per heavy atom. The van der Waals surface area contributed by atoms with Gasteiger partial charge in [-0.3, -0.25) is 9.69 Å². The second kappa shape index (κ2) is 8.42. The maximum atomic E-state index is 12.6. The van der Waals surface area contributed by atoms with Crippen LogP contribution in [0.15, 0.2) is 30.6 Å². The molecule has 0 bridgehead atoms. The van der Waals surface area contributed by atoms with Crippen LogP contribution in [-0.2, 0) is 11.2 Å². The SMILES string of the molecule is CCc1c(C(=O)NCCN2CC(C)OC(C)C2)cnn1-c1ccccn1. The van der Waals surface area contributed by atoms with Gasteiger partial charge in [-0.2, -0.15) is 5.10 Å². The molecule has 1 N–H and O–H groups in total. The van der Waals surface area contributed by atoms with Crippen LogP contribution in [0.4, 0.5) is 0 Å². The molecule has 3 heterocycles. The number of nitrogens with one attached hydrogen (secondary N) is 1. The van der Waals surface area contributed by atoms with E-state index in [1.807, 2.05) is 25.1 Å². The fourth-order valence-corrected chi connectivity index (χ4v) is 3.47. The largest absolute Gasteiger partial charge is 0.373 e. The number of hydrogen-bond donors (Lipinski definition) is 1. The van der Waals surface area contributed by atoms with Crippen LogP contribution in [0.1, 0.15) is 36.8 Å². The van der Waals surface area contributed by atoms with E-state index in [4.69, 9.17) is 4.74 Å². The molecule has 2 aromatic heterocycles. The molecular weight excluding hydrogens is 330 g/mol. The van der Waals surface area contributed by atoms with Gasteiger partial charge in [0, 0.05) is 32.4 Å². The van der Waals surface area contributed by atoms with Crippen LogP contribution in [0.3, 0.4) is 0 Å². The van der Waals surface area contributed by atoms with E-state index in [0.29, 0.717) is 18.5 Å². The Hall–Kier alpha value is -2.25. The summed E-state index contributed by atoms with van der Waals surface area (Å²) in [5.41, 5.74) is 1.48. The summed E-state index contributed by atoms with van der Waals surface area (Å²) in [6.07, 6.45) is 4.52. The Kier molecular flexibility index (Phi) is 6.00. The zero-order valence-electron chi connectivity index (χ0n) is 15.7. The molecule has 1 saturated heterocycles. The van der Waals surface area contributed by atoms with E-state index < -0.39 is 0 Å². The van der Waals surface area contributed by atoms with E-state index in [0.717, 1.165) is 31.1 Å². The predicted molar refractivity (Wildman–Crippen MR) is 99.5 cm³/mol. The zero-order valence-corrected chi connectivity index (χ0v) is 15.7. The molecule has 7 heteroatoms. The number of amides is 1. The Morgan fingerprint density at radius 3 is 2.73 bits per heavy atom. The number of carbonyl (C=O) groups excluding carboxylic acids is 1. The third-order valence-electron chi connectivity index (χ3n) is 4.52. The van der Waals surface area contributed by atoms with Gasteiger partial charge in [-0.25, -0.2) is 9.67 Å². The average molecular weight is 357 g/mol. The van der Waals surface area contributed by atoms with Gasteiger partial charge in [0.15, 0.2) is 5.82 Å². The Morgan fingerprint density at radius 1 is 1.31 bits per heavy atom. The summed E-state index contributed by atoms with van der Waals surface area (Å²) < 4.78 is 7.48. The third kappa shape index (κ3) is 4.28. The van der Waals surface area contributed by atoms with Crippen molar-refractivity contribution in [1.29, 1.82) is 0 Å². The number of nitrogens with zero attached hydrogens (tertiary/aromatic N) is 4. The fraction of sp³-hybridized carbons (Fsp3) is 0.526. The number of ether oxygens (including phenoxy) is 1. The summed E-state index contributed by atoms with van der Waals surface area (Å²) in [6.45, 7) is 9.41. The van der Waals surface area contributed by atoms with E-state index >= 15 is 0 Å². The van der Waals surface area contributed by atoms with Crippen LogP contribution in [0.25, 0.3) is 5.82 Å². The molecule has 2 atom stereocenters. The number of pyridine rings is 1. The molecule has 7 nitrogen and oxygen atoms in total. The smallest absolute Gasteiger partial charge is 0.254 e. The van der Waals surface area contributed by atoms with Gasteiger partial charge in [0.1, 0.15) is 0 Å². The van der Waals surface area contributed by atoms with Gasteiger partial charge in [0.2, 0.25) is 0 Å². The van der Waals surface area contributed by atoms with E-state index in [1.165, 1.54) is 0 Å². The lowest BCUT2D eigenvalue weighted by atomic mass is 10.2. The van der Waals surface area contributed by atoms with Crippen molar-refractivity contribution in [2.24, 2.45) is 0 Å². The number of hydrogen-bond acceptors (Lipinski definition) is 5. The molecule has 0 aromatic carbocycles. The summed E-state index contributed by atoms with van der Waals surface area (Å²) in [5, 5.41) is 7.38. The monoisotopic (exact) mass is 357 g/mol. The van der Waals surface area contributed by atoms with Crippen molar-refractivity contribution in [2.45, 2.75) is 39.4 Å². The van der Waals surface area contributed by atoms with Gasteiger partial charge in [-0.15, -0.1) is 0 Å². The highest BCUT2D eigenvalue weighted by atomic mass is 16.5. The molecule has 2 aromatic rings. The molecule has 0 spiro atoms. The Balaban J connectivity index is 1.61. The fourth-order valence-electron chi connectivity index (χ4n) is 3.47. The predicted octanol–water partition coefficient (Wildman–Crippen LogP) is 1.67. The number of morpholine rings is 1. The first kappa shape index (κ1) is 18.5. The molecule has 1 amide bonds. The van der Waals surface area contributed by atoms with Crippen LogP contribution < -0.4 is 5.32 Å². The van der Waals surface area contributed by atoms with Crippen molar-refractivity contribution >= 4 is 5.91 Å². The third-order valence-corrected chi connectivity index (χ3v) is 4.52. The highest BCUT2D eigenvalue weighted by molar-refractivity contribution is 5.95. The topological polar surface area (TPSA) is 72.3 Å². The van der Waals surface area contributed by atoms with Crippen LogP contribution in [-0.4, -0.2) is 64.0 Å². The lowest BCUT2D eigenvalue weighted by molar-refractivity contribution is -0.0672. The normalized spacial score (nSPS) is 20.9. The Labute approximate surface area is 154 Å². The van der Waals surface area contributed by atoms with Gasteiger partial charge in [0.05, 0.1) is 29.7 Å². The molecule has 3 rings (SSSR count). The molecule has 0 radical (unpaired) electrons. The molecule has 1 fully saturated rings. The number of aromatic nitrogens is 3. The van der Waals surface area contributed by atoms with Crippen molar-refractivity contribution in [3.8, 4) is 5.82 Å². The maximum absolute atomic E-state index is 12.6. The van der Waals surface area contributed by atoms with Crippen LogP contribution in [0.5, 0.6) is 0 Å². The lowest BCUT2D eigenvalue weighted by Crippen LogP contribution is -2.47. The molecule has 140 valence electrons. The van der Waals surface area contributed by atoms with Crippen molar-refractivity contribution in [2.75, 3.05) is 26.2 Å². The molecule has 26 heavy (non-hydrogen) atoms. The molecular formula is C19H27N5O2. The first-order chi connectivity index (χ1) is 12.6. The molecule has 0 aliphatic carbocycles. The minimum Gasteiger partial charge on any atom is -0.373 e. The highest BCUT2D eigenvalue weighted by Gasteiger charge is 2.22. The standard InChI is InChI=1S/C19H27N5O2/c1-4-17-16(11-22-24(17)18-7-5-6-8-20-18)19(25)21-9-10-23-12-14(2)26-15(3)13-23/h5-8,11,14-15H,4,9-10,12-13H2,1-3H3,(H,21,25). The minimum absolute atomic E-state index is 0.0848. The van der Waals surface area contributed by atoms with Crippen LogP contribution in [0.2, 0.25) is 0 Å². The van der Waals surface area contributed by atoms with Gasteiger partial charge in [-0.1, -0.05) is 13.0 Å². The lowest BCUT2D eigenvalue weighted by Gasteiger charge is -2.35. The maximum Gasteiger partial charge on any atom is 0.254 e. The van der Waals surface area contributed by atoms with E-state index in [9.17, 15) is 4.79 Å². The molecule has 1 aliphatic rings. The van der Waals surface area contributed by atoms with E-state index in [1.54, 1.807) is 17.1 Å². The van der Waals surface area contributed by atoms with Gasteiger partial charge >= 0.3 is 0 Å². The van der Waals surface area contributed by atoms with Gasteiger partial charge in [0.25, 0.3) is 5.91 Å². The average Bonchev–Trinajstić information content (AvgIpc) is 3.05. The number of carbonyl (C=O) groups is 1. The molecule has 0 saturated carbocycles. The van der Waals surface area contributed by atoms with E-state index in [-0.39, 0.29) is 18.1 Å². The van der Waals surface area contributed by atoms with Crippen LogP contribution >= 0.6 is 0 Å². The first-order valence-electron chi connectivity index (χ1n) is 9.22. The second-order valence-corrected chi connectivity index (χ2v) is 6.73. The Bertz CT molecular complexity index is 721. The van der Waals surface area contributed by atoms with Gasteiger partial charge in [-0.05, 0) is 32.4 Å². The highest BCUT2D eigenvalue weighted by Crippen LogP contribution is 2.14. The molecule has 2 unspecified atom stereocenters. The van der Waals surface area contributed by atoms with Crippen molar-refractivity contribution < 1.29 is 9.53 Å². The quantitative estimate of drug-likeness (QED) is 0.851. The summed E-state index contributed by atoms with van der Waals surface area (Å²) >= 11 is 0. The minimum atomic E-state index is -0.0848.